The van der Waals surface area contributed by atoms with E-state index in [9.17, 15) is 17.2 Å². The second-order valence-corrected chi connectivity index (χ2v) is 10.5. The van der Waals surface area contributed by atoms with Crippen LogP contribution in [0.1, 0.15) is 24.7 Å². The van der Waals surface area contributed by atoms with E-state index in [0.717, 1.165) is 11.6 Å². The molecule has 1 fully saturated rings. The van der Waals surface area contributed by atoms with Crippen molar-refractivity contribution in [2.75, 3.05) is 26.3 Å². The van der Waals surface area contributed by atoms with Gasteiger partial charge in [-0.15, -0.1) is 0 Å². The topological polar surface area (TPSA) is 64.4 Å². The average Bonchev–Trinajstić information content (AvgIpc) is 3.10. The fraction of sp³-hybridized carbons (Fsp3) is 0.381. The van der Waals surface area contributed by atoms with Crippen molar-refractivity contribution in [3.05, 3.63) is 53.6 Å². The zero-order valence-corrected chi connectivity index (χ0v) is 18.8. The van der Waals surface area contributed by atoms with Gasteiger partial charge in [0.05, 0.1) is 29.1 Å². The standard InChI is InChI=1S/C21H23F2N3O3S2/c1-3-26-20-7-5-16(31(27,28)25-8-10-29-11-9-25)13-19(20)24-21(26)30-14(2)17-6-4-15(22)12-18(17)23/h4-7,12-14H,3,8-11H2,1-2H3. The lowest BCUT2D eigenvalue weighted by molar-refractivity contribution is 0.0730. The monoisotopic (exact) mass is 467 g/mol. The number of sulfonamides is 1. The molecule has 0 bridgehead atoms. The lowest BCUT2D eigenvalue weighted by atomic mass is 10.1. The van der Waals surface area contributed by atoms with Crippen LogP contribution < -0.4 is 0 Å². The van der Waals surface area contributed by atoms with Gasteiger partial charge in [-0.2, -0.15) is 4.31 Å². The van der Waals surface area contributed by atoms with Crippen LogP contribution in [0.5, 0.6) is 0 Å². The summed E-state index contributed by atoms with van der Waals surface area (Å²) in [6, 6.07) is 8.48. The Hall–Kier alpha value is -2.01. The zero-order valence-electron chi connectivity index (χ0n) is 17.2. The van der Waals surface area contributed by atoms with E-state index in [1.54, 1.807) is 18.2 Å². The number of aromatic nitrogens is 2. The number of hydrogen-bond donors (Lipinski definition) is 0. The lowest BCUT2D eigenvalue weighted by Crippen LogP contribution is -2.40. The summed E-state index contributed by atoms with van der Waals surface area (Å²) in [4.78, 5) is 4.83. The molecule has 1 atom stereocenters. The van der Waals surface area contributed by atoms with E-state index < -0.39 is 21.7 Å². The predicted molar refractivity (Wildman–Crippen MR) is 116 cm³/mol. The molecule has 166 valence electrons. The molecule has 4 rings (SSSR count). The SMILES string of the molecule is CCn1c(SC(C)c2ccc(F)cc2F)nc2cc(S(=O)(=O)N3CCOCC3)ccc21. The van der Waals surface area contributed by atoms with Gasteiger partial charge in [0.1, 0.15) is 11.6 Å². The highest BCUT2D eigenvalue weighted by Gasteiger charge is 2.27. The minimum Gasteiger partial charge on any atom is -0.379 e. The smallest absolute Gasteiger partial charge is 0.243 e. The predicted octanol–water partition coefficient (Wildman–Crippen LogP) is 4.21. The van der Waals surface area contributed by atoms with Gasteiger partial charge >= 0.3 is 0 Å². The summed E-state index contributed by atoms with van der Waals surface area (Å²) in [5, 5.41) is 0.342. The third-order valence-corrected chi connectivity index (χ3v) is 8.32. The normalized spacial score (nSPS) is 16.6. The molecule has 10 heteroatoms. The number of imidazole rings is 1. The molecule has 1 aromatic heterocycles. The van der Waals surface area contributed by atoms with Crippen molar-refractivity contribution in [3.63, 3.8) is 0 Å². The second kappa shape index (κ2) is 8.85. The van der Waals surface area contributed by atoms with Crippen molar-refractivity contribution in [2.24, 2.45) is 0 Å². The van der Waals surface area contributed by atoms with Crippen molar-refractivity contribution < 1.29 is 21.9 Å². The van der Waals surface area contributed by atoms with E-state index in [2.05, 4.69) is 4.98 Å². The van der Waals surface area contributed by atoms with E-state index >= 15 is 0 Å². The fourth-order valence-corrected chi connectivity index (χ4v) is 6.20. The number of halogens is 2. The molecule has 0 spiro atoms. The number of nitrogens with zero attached hydrogens (tertiary/aromatic N) is 3. The molecule has 6 nitrogen and oxygen atoms in total. The van der Waals surface area contributed by atoms with Crippen molar-refractivity contribution in [2.45, 2.75) is 35.7 Å². The Kier molecular flexibility index (Phi) is 6.34. The van der Waals surface area contributed by atoms with Gasteiger partial charge in [0, 0.05) is 36.5 Å². The summed E-state index contributed by atoms with van der Waals surface area (Å²) in [6.45, 7) is 5.82. The van der Waals surface area contributed by atoms with Crippen LogP contribution in [0.4, 0.5) is 8.78 Å². The lowest BCUT2D eigenvalue weighted by Gasteiger charge is -2.26. The van der Waals surface area contributed by atoms with Crippen LogP contribution >= 0.6 is 11.8 Å². The minimum atomic E-state index is -3.63. The van der Waals surface area contributed by atoms with Crippen molar-refractivity contribution in [1.29, 1.82) is 0 Å². The first-order chi connectivity index (χ1) is 14.8. The number of rotatable bonds is 6. The third kappa shape index (κ3) is 4.34. The van der Waals surface area contributed by atoms with Crippen LogP contribution in [0.25, 0.3) is 11.0 Å². The number of ether oxygens (including phenoxy) is 1. The molecule has 31 heavy (non-hydrogen) atoms. The van der Waals surface area contributed by atoms with Gasteiger partial charge in [-0.3, -0.25) is 0 Å². The van der Waals surface area contributed by atoms with Crippen LogP contribution in [-0.2, 0) is 21.3 Å². The Morgan fingerprint density at radius 3 is 2.58 bits per heavy atom. The number of thioether (sulfide) groups is 1. The molecule has 1 aliphatic heterocycles. The summed E-state index contributed by atoms with van der Waals surface area (Å²) in [7, 11) is -3.63. The molecule has 2 heterocycles. The Morgan fingerprint density at radius 2 is 1.90 bits per heavy atom. The molecule has 2 aromatic carbocycles. The van der Waals surface area contributed by atoms with Gasteiger partial charge in [-0.05, 0) is 38.1 Å². The fourth-order valence-electron chi connectivity index (χ4n) is 3.63. The molecular formula is C21H23F2N3O3S2. The van der Waals surface area contributed by atoms with Crippen LogP contribution in [0.2, 0.25) is 0 Å². The largest absolute Gasteiger partial charge is 0.379 e. The minimum absolute atomic E-state index is 0.192. The maximum Gasteiger partial charge on any atom is 0.243 e. The molecule has 0 saturated carbocycles. The van der Waals surface area contributed by atoms with E-state index in [1.807, 2.05) is 18.4 Å². The average molecular weight is 468 g/mol. The Balaban J connectivity index is 1.67. The number of aryl methyl sites for hydroxylation is 1. The van der Waals surface area contributed by atoms with Gasteiger partial charge in [-0.1, -0.05) is 17.8 Å². The molecule has 0 amide bonds. The first kappa shape index (κ1) is 22.2. The molecule has 0 N–H and O–H groups in total. The Morgan fingerprint density at radius 1 is 1.16 bits per heavy atom. The van der Waals surface area contributed by atoms with Crippen LogP contribution in [0, 0.1) is 11.6 Å². The van der Waals surface area contributed by atoms with Crippen LogP contribution in [-0.4, -0.2) is 48.6 Å². The van der Waals surface area contributed by atoms with E-state index in [0.29, 0.717) is 49.1 Å². The second-order valence-electron chi connectivity index (χ2n) is 7.23. The highest BCUT2D eigenvalue weighted by molar-refractivity contribution is 7.99. The van der Waals surface area contributed by atoms with Crippen LogP contribution in [0.15, 0.2) is 46.5 Å². The molecule has 1 unspecified atom stereocenters. The van der Waals surface area contributed by atoms with Gasteiger partial charge in [-0.25, -0.2) is 22.2 Å². The van der Waals surface area contributed by atoms with Crippen LogP contribution in [0.3, 0.4) is 0 Å². The van der Waals surface area contributed by atoms with Gasteiger partial charge < -0.3 is 9.30 Å². The van der Waals surface area contributed by atoms with Gasteiger partial charge in [0.25, 0.3) is 0 Å². The number of benzene rings is 2. The number of fused-ring (bicyclic) bond motifs is 1. The highest BCUT2D eigenvalue weighted by Crippen LogP contribution is 2.37. The summed E-state index contributed by atoms with van der Waals surface area (Å²) >= 11 is 1.35. The Bertz CT molecular complexity index is 1210. The number of morpholine rings is 1. The molecule has 0 radical (unpaired) electrons. The maximum absolute atomic E-state index is 14.2. The van der Waals surface area contributed by atoms with E-state index in [-0.39, 0.29) is 10.1 Å². The summed E-state index contributed by atoms with van der Waals surface area (Å²) in [6.07, 6.45) is 0. The van der Waals surface area contributed by atoms with Gasteiger partial charge in [0.15, 0.2) is 5.16 Å². The first-order valence-corrected chi connectivity index (χ1v) is 12.3. The highest BCUT2D eigenvalue weighted by atomic mass is 32.2. The third-order valence-electron chi connectivity index (χ3n) is 5.29. The zero-order chi connectivity index (χ0) is 22.2. The molecular weight excluding hydrogens is 444 g/mol. The summed E-state index contributed by atoms with van der Waals surface area (Å²) in [5.74, 6) is -1.22. The molecule has 3 aromatic rings. The molecule has 1 aliphatic rings. The Labute approximate surface area is 184 Å². The molecule has 1 saturated heterocycles. The van der Waals surface area contributed by atoms with E-state index in [1.165, 1.54) is 28.2 Å². The summed E-state index contributed by atoms with van der Waals surface area (Å²) in [5.41, 5.74) is 1.75. The first-order valence-electron chi connectivity index (χ1n) is 10.0. The number of hydrogen-bond acceptors (Lipinski definition) is 5. The molecule has 0 aliphatic carbocycles. The van der Waals surface area contributed by atoms with Gasteiger partial charge in [0.2, 0.25) is 10.0 Å². The quantitative estimate of drug-likeness (QED) is 0.508. The summed E-state index contributed by atoms with van der Waals surface area (Å²) < 4.78 is 62.0. The van der Waals surface area contributed by atoms with E-state index in [4.69, 9.17) is 4.74 Å². The maximum atomic E-state index is 14.2. The van der Waals surface area contributed by atoms with Crippen molar-refractivity contribution in [1.82, 2.24) is 13.9 Å². The van der Waals surface area contributed by atoms with Crippen molar-refractivity contribution >= 4 is 32.8 Å². The van der Waals surface area contributed by atoms with Crippen molar-refractivity contribution in [3.8, 4) is 0 Å².